The summed E-state index contributed by atoms with van der Waals surface area (Å²) in [6, 6.07) is 5.24. The fraction of sp³-hybridized carbons (Fsp3) is 0.467. The lowest BCUT2D eigenvalue weighted by molar-refractivity contribution is 0.251. The molecule has 0 aliphatic heterocycles. The Morgan fingerprint density at radius 2 is 2.11 bits per heavy atom. The molecule has 104 valence electrons. The summed E-state index contributed by atoms with van der Waals surface area (Å²) >= 11 is 11.8. The van der Waals surface area contributed by atoms with E-state index in [9.17, 15) is 0 Å². The van der Waals surface area contributed by atoms with E-state index in [0.29, 0.717) is 28.9 Å². The molecule has 1 rings (SSSR count). The van der Waals surface area contributed by atoms with E-state index in [1.807, 2.05) is 0 Å². The van der Waals surface area contributed by atoms with Crippen molar-refractivity contribution in [2.45, 2.75) is 19.8 Å². The Morgan fingerprint density at radius 3 is 2.74 bits per heavy atom. The van der Waals surface area contributed by atoms with Gasteiger partial charge in [0, 0.05) is 11.6 Å². The fourth-order valence-corrected chi connectivity index (χ4v) is 2.24. The zero-order valence-electron chi connectivity index (χ0n) is 11.2. The third kappa shape index (κ3) is 6.20. The van der Waals surface area contributed by atoms with Gasteiger partial charge < -0.3 is 4.74 Å². The summed E-state index contributed by atoms with van der Waals surface area (Å²) < 4.78 is 5.63. The van der Waals surface area contributed by atoms with Gasteiger partial charge in [0.15, 0.2) is 0 Å². The first-order valence-electron chi connectivity index (χ1n) is 6.41. The molecular weight excluding hydrogens is 281 g/mol. The van der Waals surface area contributed by atoms with E-state index in [1.165, 1.54) is 0 Å². The summed E-state index contributed by atoms with van der Waals surface area (Å²) in [4.78, 5) is 2.24. The Labute approximate surface area is 125 Å². The van der Waals surface area contributed by atoms with E-state index in [1.54, 1.807) is 18.2 Å². The molecule has 19 heavy (non-hydrogen) atoms. The molecule has 1 aromatic carbocycles. The van der Waals surface area contributed by atoms with Crippen LogP contribution in [0.1, 0.15) is 19.8 Å². The third-order valence-corrected chi connectivity index (χ3v) is 3.16. The average Bonchev–Trinajstić information content (AvgIpc) is 2.37. The lowest BCUT2D eigenvalue weighted by atomic mass is 10.3. The number of hydrogen-bond donors (Lipinski definition) is 0. The second kappa shape index (κ2) is 9.09. The summed E-state index contributed by atoms with van der Waals surface area (Å²) in [6.07, 6.45) is 7.36. The maximum atomic E-state index is 6.02. The van der Waals surface area contributed by atoms with Gasteiger partial charge in [-0.3, -0.25) is 4.90 Å². The molecule has 0 aliphatic carbocycles. The van der Waals surface area contributed by atoms with Crippen molar-refractivity contribution in [3.05, 3.63) is 28.2 Å². The van der Waals surface area contributed by atoms with Crippen molar-refractivity contribution in [3.8, 4) is 18.1 Å². The molecule has 0 spiro atoms. The molecule has 0 N–H and O–H groups in total. The molecule has 4 heteroatoms. The molecule has 0 saturated heterocycles. The van der Waals surface area contributed by atoms with Gasteiger partial charge in [-0.05, 0) is 37.6 Å². The molecule has 0 aliphatic rings. The smallest absolute Gasteiger partial charge is 0.137 e. The molecular formula is C15H19Cl2NO. The van der Waals surface area contributed by atoms with Gasteiger partial charge in [-0.1, -0.05) is 36.0 Å². The molecule has 0 saturated carbocycles. The van der Waals surface area contributed by atoms with Gasteiger partial charge in [0.05, 0.1) is 18.2 Å². The van der Waals surface area contributed by atoms with Crippen molar-refractivity contribution in [3.63, 3.8) is 0 Å². The van der Waals surface area contributed by atoms with Crippen molar-refractivity contribution in [2.75, 3.05) is 26.2 Å². The first-order chi connectivity index (χ1) is 9.17. The van der Waals surface area contributed by atoms with Crippen LogP contribution in [0.15, 0.2) is 18.2 Å². The summed E-state index contributed by atoms with van der Waals surface area (Å²) in [7, 11) is 0. The molecule has 0 radical (unpaired) electrons. The van der Waals surface area contributed by atoms with E-state index in [2.05, 4.69) is 17.7 Å². The van der Waals surface area contributed by atoms with Crippen LogP contribution >= 0.6 is 23.2 Å². The average molecular weight is 300 g/mol. The molecule has 0 fully saturated rings. The number of rotatable bonds is 8. The van der Waals surface area contributed by atoms with Crippen LogP contribution in [0.5, 0.6) is 5.75 Å². The van der Waals surface area contributed by atoms with Crippen LogP contribution in [0.2, 0.25) is 10.0 Å². The number of ether oxygens (including phenoxy) is 1. The number of terminal acetylenes is 1. The van der Waals surface area contributed by atoms with E-state index < -0.39 is 0 Å². The Morgan fingerprint density at radius 1 is 1.32 bits per heavy atom. The lowest BCUT2D eigenvalue weighted by Gasteiger charge is -2.18. The molecule has 0 heterocycles. The number of benzene rings is 1. The molecule has 0 bridgehead atoms. The van der Waals surface area contributed by atoms with Crippen molar-refractivity contribution in [1.82, 2.24) is 4.90 Å². The Balaban J connectivity index is 2.31. The van der Waals surface area contributed by atoms with E-state index >= 15 is 0 Å². The monoisotopic (exact) mass is 299 g/mol. The predicted molar refractivity (Wildman–Crippen MR) is 82.1 cm³/mol. The van der Waals surface area contributed by atoms with Crippen molar-refractivity contribution >= 4 is 23.2 Å². The minimum atomic E-state index is 0.543. The Bertz CT molecular complexity index is 429. The topological polar surface area (TPSA) is 12.5 Å². The van der Waals surface area contributed by atoms with Crippen LogP contribution in [0.25, 0.3) is 0 Å². The van der Waals surface area contributed by atoms with Gasteiger partial charge in [0.2, 0.25) is 0 Å². The minimum absolute atomic E-state index is 0.543. The fourth-order valence-electron chi connectivity index (χ4n) is 1.78. The highest BCUT2D eigenvalue weighted by atomic mass is 35.5. The predicted octanol–water partition coefficient (Wildman–Crippen LogP) is 4.11. The third-order valence-electron chi connectivity index (χ3n) is 2.62. The van der Waals surface area contributed by atoms with Gasteiger partial charge in [-0.25, -0.2) is 0 Å². The summed E-state index contributed by atoms with van der Waals surface area (Å²) in [5.41, 5.74) is 0. The zero-order valence-corrected chi connectivity index (χ0v) is 12.7. The zero-order chi connectivity index (χ0) is 14.1. The van der Waals surface area contributed by atoms with Crippen LogP contribution in [-0.4, -0.2) is 31.1 Å². The summed E-state index contributed by atoms with van der Waals surface area (Å²) in [5, 5.41) is 1.15. The van der Waals surface area contributed by atoms with Gasteiger partial charge in [0.25, 0.3) is 0 Å². The summed E-state index contributed by atoms with van der Waals surface area (Å²) in [5.74, 6) is 3.35. The maximum Gasteiger partial charge on any atom is 0.137 e. The highest BCUT2D eigenvalue weighted by Crippen LogP contribution is 2.27. The van der Waals surface area contributed by atoms with Gasteiger partial charge in [-0.2, -0.15) is 0 Å². The van der Waals surface area contributed by atoms with Gasteiger partial charge >= 0.3 is 0 Å². The van der Waals surface area contributed by atoms with Crippen LogP contribution in [0, 0.1) is 12.3 Å². The molecule has 0 aromatic heterocycles. The quantitative estimate of drug-likeness (QED) is 0.529. The van der Waals surface area contributed by atoms with Crippen LogP contribution in [-0.2, 0) is 0 Å². The van der Waals surface area contributed by atoms with Crippen LogP contribution in [0.4, 0.5) is 0 Å². The number of halogens is 2. The Kier molecular flexibility index (Phi) is 7.74. The highest BCUT2D eigenvalue weighted by Gasteiger charge is 2.04. The molecule has 0 atom stereocenters. The highest BCUT2D eigenvalue weighted by molar-refractivity contribution is 6.35. The van der Waals surface area contributed by atoms with Gasteiger partial charge in [0.1, 0.15) is 5.75 Å². The second-order valence-electron chi connectivity index (χ2n) is 4.26. The standard InChI is InChI=1S/C15H19Cl2NO/c1-3-8-18(9-4-2)10-5-11-19-15-7-6-13(16)12-14(15)17/h1,6-7,12H,4-5,8-11H2,2H3. The SMILES string of the molecule is C#CCN(CCC)CCCOc1ccc(Cl)cc1Cl. The van der Waals surface area contributed by atoms with Crippen LogP contribution in [0.3, 0.4) is 0 Å². The Hall–Kier alpha value is -0.880. The molecule has 0 amide bonds. The number of nitrogens with zero attached hydrogens (tertiary/aromatic N) is 1. The van der Waals surface area contributed by atoms with Crippen LogP contribution < -0.4 is 4.74 Å². The van der Waals surface area contributed by atoms with Crippen molar-refractivity contribution < 1.29 is 4.74 Å². The lowest BCUT2D eigenvalue weighted by Crippen LogP contribution is -2.27. The maximum absolute atomic E-state index is 6.02. The first-order valence-corrected chi connectivity index (χ1v) is 7.16. The largest absolute Gasteiger partial charge is 0.492 e. The minimum Gasteiger partial charge on any atom is -0.492 e. The van der Waals surface area contributed by atoms with Gasteiger partial charge in [-0.15, -0.1) is 6.42 Å². The first kappa shape index (κ1) is 16.2. The molecule has 0 unspecified atom stereocenters. The van der Waals surface area contributed by atoms with E-state index in [-0.39, 0.29) is 0 Å². The van der Waals surface area contributed by atoms with E-state index in [0.717, 1.165) is 25.9 Å². The summed E-state index contributed by atoms with van der Waals surface area (Å²) in [6.45, 7) is 5.41. The second-order valence-corrected chi connectivity index (χ2v) is 5.10. The number of hydrogen-bond acceptors (Lipinski definition) is 2. The normalized spacial score (nSPS) is 10.5. The van der Waals surface area contributed by atoms with Crippen molar-refractivity contribution in [1.29, 1.82) is 0 Å². The van der Waals surface area contributed by atoms with E-state index in [4.69, 9.17) is 34.4 Å². The molecule has 1 aromatic rings. The molecule has 2 nitrogen and oxygen atoms in total. The van der Waals surface area contributed by atoms with Crippen molar-refractivity contribution in [2.24, 2.45) is 0 Å².